The van der Waals surface area contributed by atoms with Gasteiger partial charge in [-0.25, -0.2) is 9.37 Å². The van der Waals surface area contributed by atoms with Crippen LogP contribution in [-0.4, -0.2) is 19.9 Å². The molecule has 2 heterocycles. The van der Waals surface area contributed by atoms with Crippen molar-refractivity contribution < 1.29 is 14.1 Å². The van der Waals surface area contributed by atoms with Gasteiger partial charge < -0.3 is 4.74 Å². The lowest BCUT2D eigenvalue weighted by atomic mass is 10.3. The second-order valence-corrected chi connectivity index (χ2v) is 4.02. The maximum absolute atomic E-state index is 13.1. The molecule has 0 atom stereocenters. The summed E-state index contributed by atoms with van der Waals surface area (Å²) in [6.45, 7) is 0. The summed E-state index contributed by atoms with van der Waals surface area (Å²) in [5.41, 5.74) is 0.439. The monoisotopic (exact) mass is 286 g/mol. The molecule has 0 amide bonds. The van der Waals surface area contributed by atoms with Gasteiger partial charge in [-0.2, -0.15) is 4.98 Å². The van der Waals surface area contributed by atoms with Crippen molar-refractivity contribution in [1.82, 2.24) is 15.0 Å². The number of nitro groups is 1. The average Bonchev–Trinajstić information content (AvgIpc) is 2.49. The van der Waals surface area contributed by atoms with Gasteiger partial charge in [-0.1, -0.05) is 0 Å². The molecule has 3 aromatic rings. The summed E-state index contributed by atoms with van der Waals surface area (Å²) in [6, 6.07) is 6.17. The molecule has 0 fully saturated rings. The van der Waals surface area contributed by atoms with Gasteiger partial charge in [0, 0.05) is 18.5 Å². The number of hydrogen-bond donors (Lipinski definition) is 0. The molecule has 0 bridgehead atoms. The van der Waals surface area contributed by atoms with Gasteiger partial charge in [0.2, 0.25) is 11.6 Å². The first-order valence-electron chi connectivity index (χ1n) is 5.83. The van der Waals surface area contributed by atoms with Crippen molar-refractivity contribution in [1.29, 1.82) is 0 Å². The van der Waals surface area contributed by atoms with Crippen molar-refractivity contribution in [3.05, 3.63) is 58.7 Å². The fourth-order valence-electron chi connectivity index (χ4n) is 1.73. The molecule has 0 aliphatic carbocycles. The Balaban J connectivity index is 2.00. The van der Waals surface area contributed by atoms with Gasteiger partial charge in [-0.3, -0.25) is 15.1 Å². The molecule has 7 nitrogen and oxygen atoms in total. The molecule has 0 saturated carbocycles. The van der Waals surface area contributed by atoms with E-state index in [1.54, 1.807) is 6.07 Å². The molecule has 0 saturated heterocycles. The summed E-state index contributed by atoms with van der Waals surface area (Å²) < 4.78 is 18.4. The standard InChI is InChI=1S/C13H7FN4O3/c14-8-1-3-11(10(7-8)18(19)20)21-12-4-2-9-13(17-12)16-6-5-15-9/h1-7H. The molecular weight excluding hydrogens is 279 g/mol. The van der Waals surface area contributed by atoms with E-state index < -0.39 is 16.4 Å². The maximum Gasteiger partial charge on any atom is 0.314 e. The minimum Gasteiger partial charge on any atom is -0.432 e. The summed E-state index contributed by atoms with van der Waals surface area (Å²) in [5, 5.41) is 10.9. The number of halogens is 1. The van der Waals surface area contributed by atoms with Crippen LogP contribution in [0.1, 0.15) is 0 Å². The first kappa shape index (κ1) is 12.9. The zero-order valence-corrected chi connectivity index (χ0v) is 10.4. The Morgan fingerprint density at radius 3 is 2.76 bits per heavy atom. The van der Waals surface area contributed by atoms with E-state index in [-0.39, 0.29) is 11.6 Å². The van der Waals surface area contributed by atoms with Gasteiger partial charge in [0.15, 0.2) is 5.65 Å². The number of nitrogens with zero attached hydrogens (tertiary/aromatic N) is 4. The Bertz CT molecular complexity index is 841. The third-order valence-corrected chi connectivity index (χ3v) is 2.64. The third-order valence-electron chi connectivity index (χ3n) is 2.64. The molecule has 0 aliphatic heterocycles. The fraction of sp³-hybridized carbons (Fsp3) is 0. The number of rotatable bonds is 3. The molecule has 8 heteroatoms. The first-order valence-corrected chi connectivity index (χ1v) is 5.83. The van der Waals surface area contributed by atoms with E-state index in [4.69, 9.17) is 4.74 Å². The Morgan fingerprint density at radius 1 is 1.14 bits per heavy atom. The highest BCUT2D eigenvalue weighted by atomic mass is 19.1. The molecule has 2 aromatic heterocycles. The second kappa shape index (κ2) is 5.08. The fourth-order valence-corrected chi connectivity index (χ4v) is 1.73. The van der Waals surface area contributed by atoms with E-state index in [9.17, 15) is 14.5 Å². The number of hydrogen-bond acceptors (Lipinski definition) is 6. The smallest absolute Gasteiger partial charge is 0.314 e. The van der Waals surface area contributed by atoms with Crippen molar-refractivity contribution in [2.24, 2.45) is 0 Å². The number of pyridine rings is 1. The SMILES string of the molecule is O=[N+]([O-])c1cc(F)ccc1Oc1ccc2nccnc2n1. The van der Waals surface area contributed by atoms with Crippen molar-refractivity contribution in [2.75, 3.05) is 0 Å². The summed E-state index contributed by atoms with van der Waals surface area (Å²) in [6.07, 6.45) is 2.99. The van der Waals surface area contributed by atoms with Gasteiger partial charge in [0.05, 0.1) is 11.0 Å². The van der Waals surface area contributed by atoms with Gasteiger partial charge in [-0.15, -0.1) is 0 Å². The third kappa shape index (κ3) is 2.59. The molecule has 0 N–H and O–H groups in total. The highest BCUT2D eigenvalue weighted by Crippen LogP contribution is 2.31. The Morgan fingerprint density at radius 2 is 1.95 bits per heavy atom. The topological polar surface area (TPSA) is 91.0 Å². The van der Waals surface area contributed by atoms with Crippen LogP contribution in [0.25, 0.3) is 11.2 Å². The van der Waals surface area contributed by atoms with E-state index >= 15 is 0 Å². The Kier molecular flexibility index (Phi) is 3.11. The normalized spacial score (nSPS) is 10.5. The van der Waals surface area contributed by atoms with E-state index in [2.05, 4.69) is 15.0 Å². The van der Waals surface area contributed by atoms with Crippen LogP contribution in [0.15, 0.2) is 42.7 Å². The lowest BCUT2D eigenvalue weighted by Crippen LogP contribution is -1.96. The lowest BCUT2D eigenvalue weighted by Gasteiger charge is -2.05. The molecule has 0 spiro atoms. The van der Waals surface area contributed by atoms with Crippen molar-refractivity contribution in [3.8, 4) is 11.6 Å². The van der Waals surface area contributed by atoms with Gasteiger partial charge >= 0.3 is 5.69 Å². The molecule has 0 radical (unpaired) electrons. The predicted molar refractivity (Wildman–Crippen MR) is 70.5 cm³/mol. The molecular formula is C13H7FN4O3. The van der Waals surface area contributed by atoms with E-state index in [1.807, 2.05) is 0 Å². The highest BCUT2D eigenvalue weighted by molar-refractivity contribution is 5.69. The van der Waals surface area contributed by atoms with Gasteiger partial charge in [0.1, 0.15) is 11.3 Å². The minimum absolute atomic E-state index is 0.0999. The van der Waals surface area contributed by atoms with Crippen LogP contribution in [0, 0.1) is 15.9 Å². The average molecular weight is 286 g/mol. The molecule has 104 valence electrons. The Labute approximate surface area is 117 Å². The molecule has 21 heavy (non-hydrogen) atoms. The molecule has 1 aromatic carbocycles. The summed E-state index contributed by atoms with van der Waals surface area (Å²) >= 11 is 0. The largest absolute Gasteiger partial charge is 0.432 e. The number of ether oxygens (including phenoxy) is 1. The molecule has 0 unspecified atom stereocenters. The van der Waals surface area contributed by atoms with Gasteiger partial charge in [0.25, 0.3) is 0 Å². The molecule has 3 rings (SSSR count). The van der Waals surface area contributed by atoms with E-state index in [1.165, 1.54) is 24.5 Å². The number of benzene rings is 1. The number of fused-ring (bicyclic) bond motifs is 1. The van der Waals surface area contributed by atoms with Crippen LogP contribution >= 0.6 is 0 Å². The zero-order chi connectivity index (χ0) is 14.8. The van der Waals surface area contributed by atoms with E-state index in [0.29, 0.717) is 11.2 Å². The highest BCUT2D eigenvalue weighted by Gasteiger charge is 2.17. The van der Waals surface area contributed by atoms with Gasteiger partial charge in [-0.05, 0) is 18.2 Å². The Hall–Kier alpha value is -3.16. The van der Waals surface area contributed by atoms with Crippen molar-refractivity contribution in [2.45, 2.75) is 0 Å². The second-order valence-electron chi connectivity index (χ2n) is 4.02. The number of nitro benzene ring substituents is 1. The van der Waals surface area contributed by atoms with Crippen molar-refractivity contribution in [3.63, 3.8) is 0 Å². The van der Waals surface area contributed by atoms with Crippen LogP contribution in [0.5, 0.6) is 11.6 Å². The van der Waals surface area contributed by atoms with Crippen LogP contribution < -0.4 is 4.74 Å². The summed E-state index contributed by atoms with van der Waals surface area (Å²) in [4.78, 5) is 22.3. The van der Waals surface area contributed by atoms with Crippen molar-refractivity contribution >= 4 is 16.9 Å². The predicted octanol–water partition coefficient (Wildman–Crippen LogP) is 2.86. The number of aromatic nitrogens is 3. The summed E-state index contributed by atoms with van der Waals surface area (Å²) in [7, 11) is 0. The zero-order valence-electron chi connectivity index (χ0n) is 10.4. The molecule has 0 aliphatic rings. The maximum atomic E-state index is 13.1. The van der Waals surface area contributed by atoms with E-state index in [0.717, 1.165) is 12.1 Å². The summed E-state index contributed by atoms with van der Waals surface area (Å²) in [5.74, 6) is -0.707. The van der Waals surface area contributed by atoms with Crippen LogP contribution in [-0.2, 0) is 0 Å². The lowest BCUT2D eigenvalue weighted by molar-refractivity contribution is -0.385. The van der Waals surface area contributed by atoms with Crippen LogP contribution in [0.2, 0.25) is 0 Å². The quantitative estimate of drug-likeness (QED) is 0.543. The van der Waals surface area contributed by atoms with Crippen LogP contribution in [0.3, 0.4) is 0 Å². The first-order chi connectivity index (χ1) is 10.1. The minimum atomic E-state index is -0.723. The van der Waals surface area contributed by atoms with Crippen LogP contribution in [0.4, 0.5) is 10.1 Å².